The van der Waals surface area contributed by atoms with Gasteiger partial charge in [-0.05, 0) is 38.3 Å². The molecule has 0 saturated heterocycles. The Morgan fingerprint density at radius 3 is 2.90 bits per heavy atom. The molecule has 1 aromatic heterocycles. The number of amides is 1. The minimum absolute atomic E-state index is 0.126. The number of anilines is 1. The van der Waals surface area contributed by atoms with E-state index in [2.05, 4.69) is 15.6 Å². The maximum Gasteiger partial charge on any atom is 0.220 e. The van der Waals surface area contributed by atoms with E-state index in [4.69, 9.17) is 18.0 Å². The van der Waals surface area contributed by atoms with Crippen LogP contribution >= 0.6 is 12.2 Å². The summed E-state index contributed by atoms with van der Waals surface area (Å²) in [6.07, 6.45) is 3.52. The Bertz CT molecular complexity index is 514. The molecule has 0 unspecified atom stereocenters. The molecule has 0 spiro atoms. The van der Waals surface area contributed by atoms with Crippen LogP contribution in [0.15, 0.2) is 12.1 Å². The van der Waals surface area contributed by atoms with Gasteiger partial charge < -0.3 is 16.4 Å². The fourth-order valence-electron chi connectivity index (χ4n) is 1.87. The van der Waals surface area contributed by atoms with E-state index in [0.29, 0.717) is 29.8 Å². The predicted octanol–water partition coefficient (Wildman–Crippen LogP) is 1.49. The Hall–Kier alpha value is -1.69. The highest BCUT2D eigenvalue weighted by Crippen LogP contribution is 2.18. The highest BCUT2D eigenvalue weighted by atomic mass is 32.1. The summed E-state index contributed by atoms with van der Waals surface area (Å²) in [5.41, 5.74) is 7.31. The third kappa shape index (κ3) is 4.45. The number of carbonyl (C=O) groups is 1. The van der Waals surface area contributed by atoms with Gasteiger partial charge in [0.05, 0.1) is 5.56 Å². The normalized spacial score (nSPS) is 13.8. The van der Waals surface area contributed by atoms with Crippen LogP contribution in [0.5, 0.6) is 0 Å². The second kappa shape index (κ2) is 6.65. The Labute approximate surface area is 124 Å². The van der Waals surface area contributed by atoms with Crippen LogP contribution in [0.1, 0.15) is 36.9 Å². The molecule has 2 rings (SSSR count). The Kier molecular flexibility index (Phi) is 4.89. The number of rotatable bonds is 7. The average Bonchev–Trinajstić information content (AvgIpc) is 3.18. The number of nitrogens with zero attached hydrogens (tertiary/aromatic N) is 1. The summed E-state index contributed by atoms with van der Waals surface area (Å²) in [7, 11) is 0. The van der Waals surface area contributed by atoms with E-state index in [0.717, 1.165) is 30.5 Å². The summed E-state index contributed by atoms with van der Waals surface area (Å²) in [5.74, 6) is 0.821. The lowest BCUT2D eigenvalue weighted by Crippen LogP contribution is -2.25. The fraction of sp³-hybridized carbons (Fsp3) is 0.500. The van der Waals surface area contributed by atoms with Crippen LogP contribution in [-0.2, 0) is 4.79 Å². The molecule has 20 heavy (non-hydrogen) atoms. The SMILES string of the molecule is Cc1ccc(C(N)=S)c(NCCCC(=O)NC2CC2)n1. The molecule has 1 saturated carbocycles. The molecule has 1 fully saturated rings. The first kappa shape index (κ1) is 14.7. The zero-order valence-corrected chi connectivity index (χ0v) is 12.4. The molecular weight excluding hydrogens is 272 g/mol. The van der Waals surface area contributed by atoms with Gasteiger partial charge in [0, 0.05) is 24.7 Å². The van der Waals surface area contributed by atoms with Crippen LogP contribution in [0.25, 0.3) is 0 Å². The highest BCUT2D eigenvalue weighted by Gasteiger charge is 2.22. The Morgan fingerprint density at radius 1 is 1.50 bits per heavy atom. The first-order valence-electron chi connectivity index (χ1n) is 6.87. The van der Waals surface area contributed by atoms with Gasteiger partial charge in [-0.2, -0.15) is 0 Å². The number of nitrogens with one attached hydrogen (secondary N) is 2. The van der Waals surface area contributed by atoms with Crippen molar-refractivity contribution in [2.75, 3.05) is 11.9 Å². The summed E-state index contributed by atoms with van der Waals surface area (Å²) < 4.78 is 0. The zero-order chi connectivity index (χ0) is 14.5. The van der Waals surface area contributed by atoms with E-state index in [9.17, 15) is 4.79 Å². The van der Waals surface area contributed by atoms with Crippen LogP contribution in [0.2, 0.25) is 0 Å². The molecule has 0 radical (unpaired) electrons. The van der Waals surface area contributed by atoms with E-state index in [1.54, 1.807) is 0 Å². The maximum atomic E-state index is 11.5. The second-order valence-corrected chi connectivity index (χ2v) is 5.52. The van der Waals surface area contributed by atoms with Crippen LogP contribution in [0.4, 0.5) is 5.82 Å². The van der Waals surface area contributed by atoms with Crippen molar-refractivity contribution in [3.8, 4) is 0 Å². The smallest absolute Gasteiger partial charge is 0.220 e. The maximum absolute atomic E-state index is 11.5. The van der Waals surface area contributed by atoms with Crippen LogP contribution in [-0.4, -0.2) is 28.5 Å². The molecule has 1 aliphatic carbocycles. The summed E-state index contributed by atoms with van der Waals surface area (Å²) in [6.45, 7) is 2.59. The van der Waals surface area contributed by atoms with Crippen molar-refractivity contribution < 1.29 is 4.79 Å². The molecule has 4 N–H and O–H groups in total. The number of carbonyl (C=O) groups excluding carboxylic acids is 1. The third-order valence-corrected chi connectivity index (χ3v) is 3.34. The fourth-order valence-corrected chi connectivity index (χ4v) is 2.04. The molecule has 108 valence electrons. The van der Waals surface area contributed by atoms with Crippen molar-refractivity contribution in [3.05, 3.63) is 23.4 Å². The number of aryl methyl sites for hydroxylation is 1. The Morgan fingerprint density at radius 2 is 2.25 bits per heavy atom. The van der Waals surface area contributed by atoms with Crippen molar-refractivity contribution >= 4 is 28.9 Å². The third-order valence-electron chi connectivity index (χ3n) is 3.12. The molecule has 0 bridgehead atoms. The number of aromatic nitrogens is 1. The van der Waals surface area contributed by atoms with Crippen LogP contribution in [0, 0.1) is 6.92 Å². The molecule has 1 amide bonds. The molecule has 1 heterocycles. The molecule has 0 aromatic carbocycles. The molecule has 0 atom stereocenters. The van der Waals surface area contributed by atoms with Gasteiger partial charge in [0.15, 0.2) is 0 Å². The molecule has 5 nitrogen and oxygen atoms in total. The molecular formula is C14H20N4OS. The number of hydrogen-bond acceptors (Lipinski definition) is 4. The first-order chi connectivity index (χ1) is 9.56. The summed E-state index contributed by atoms with van der Waals surface area (Å²) >= 11 is 5.00. The average molecular weight is 292 g/mol. The number of thiocarbonyl (C=S) groups is 1. The molecule has 6 heteroatoms. The number of pyridine rings is 1. The summed E-state index contributed by atoms with van der Waals surface area (Å²) in [6, 6.07) is 4.17. The van der Waals surface area contributed by atoms with Gasteiger partial charge in [-0.1, -0.05) is 12.2 Å². The monoisotopic (exact) mass is 292 g/mol. The topological polar surface area (TPSA) is 80.0 Å². The minimum atomic E-state index is 0.126. The highest BCUT2D eigenvalue weighted by molar-refractivity contribution is 7.80. The molecule has 1 aromatic rings. The van der Waals surface area contributed by atoms with Crippen molar-refractivity contribution in [2.45, 2.75) is 38.6 Å². The van der Waals surface area contributed by atoms with Crippen molar-refractivity contribution in [1.82, 2.24) is 10.3 Å². The van der Waals surface area contributed by atoms with E-state index in [1.165, 1.54) is 0 Å². The Balaban J connectivity index is 1.79. The molecule has 1 aliphatic rings. The second-order valence-electron chi connectivity index (χ2n) is 5.09. The zero-order valence-electron chi connectivity index (χ0n) is 11.6. The predicted molar refractivity (Wildman–Crippen MR) is 83.7 cm³/mol. The van der Waals surface area contributed by atoms with Gasteiger partial charge in [0.1, 0.15) is 10.8 Å². The van der Waals surface area contributed by atoms with E-state index >= 15 is 0 Å². The largest absolute Gasteiger partial charge is 0.389 e. The van der Waals surface area contributed by atoms with E-state index in [-0.39, 0.29) is 5.91 Å². The van der Waals surface area contributed by atoms with Gasteiger partial charge in [-0.3, -0.25) is 4.79 Å². The van der Waals surface area contributed by atoms with Gasteiger partial charge in [-0.15, -0.1) is 0 Å². The van der Waals surface area contributed by atoms with Gasteiger partial charge in [0.25, 0.3) is 0 Å². The van der Waals surface area contributed by atoms with Crippen molar-refractivity contribution in [1.29, 1.82) is 0 Å². The van der Waals surface area contributed by atoms with Gasteiger partial charge in [-0.25, -0.2) is 4.98 Å². The summed E-state index contributed by atoms with van der Waals surface area (Å²) in [5, 5.41) is 6.17. The minimum Gasteiger partial charge on any atom is -0.389 e. The lowest BCUT2D eigenvalue weighted by Gasteiger charge is -2.11. The standard InChI is InChI=1S/C14H20N4OS/c1-9-4-7-11(13(15)20)14(17-9)16-8-2-3-12(19)18-10-5-6-10/h4,7,10H,2-3,5-6,8H2,1H3,(H2,15,20)(H,16,17)(H,18,19). The van der Waals surface area contributed by atoms with Crippen molar-refractivity contribution in [2.24, 2.45) is 5.73 Å². The van der Waals surface area contributed by atoms with Crippen LogP contribution < -0.4 is 16.4 Å². The van der Waals surface area contributed by atoms with E-state index in [1.807, 2.05) is 19.1 Å². The van der Waals surface area contributed by atoms with E-state index < -0.39 is 0 Å². The van der Waals surface area contributed by atoms with Crippen molar-refractivity contribution in [3.63, 3.8) is 0 Å². The molecule has 0 aliphatic heterocycles. The summed E-state index contributed by atoms with van der Waals surface area (Å²) in [4.78, 5) is 16.3. The quantitative estimate of drug-likeness (QED) is 0.524. The van der Waals surface area contributed by atoms with Crippen LogP contribution in [0.3, 0.4) is 0 Å². The first-order valence-corrected chi connectivity index (χ1v) is 7.28. The number of hydrogen-bond donors (Lipinski definition) is 3. The van der Waals surface area contributed by atoms with Gasteiger partial charge >= 0.3 is 0 Å². The number of nitrogens with two attached hydrogens (primary N) is 1. The van der Waals surface area contributed by atoms with Gasteiger partial charge in [0.2, 0.25) is 5.91 Å². The lowest BCUT2D eigenvalue weighted by atomic mass is 10.2. The lowest BCUT2D eigenvalue weighted by molar-refractivity contribution is -0.121.